The lowest BCUT2D eigenvalue weighted by Gasteiger charge is -2.16. The number of rotatable bonds is 2. The first-order valence-electron chi connectivity index (χ1n) is 20.8. The molecule has 41 heavy (non-hydrogen) atoms. The average molecular weight is 537 g/mol. The van der Waals surface area contributed by atoms with Crippen molar-refractivity contribution in [2.75, 3.05) is 0 Å². The molecule has 0 aliphatic heterocycles. The normalized spacial score (nSPS) is 17.4. The molecule has 0 saturated carbocycles. The van der Waals surface area contributed by atoms with Crippen molar-refractivity contribution in [1.82, 2.24) is 0 Å². The topological polar surface area (TPSA) is 13.1 Å². The van der Waals surface area contributed by atoms with Crippen LogP contribution in [0.5, 0.6) is 0 Å². The number of hydrogen-bond donors (Lipinski definition) is 0. The largest absolute Gasteiger partial charge is 0.456 e. The summed E-state index contributed by atoms with van der Waals surface area (Å²) in [7, 11) is 0. The summed E-state index contributed by atoms with van der Waals surface area (Å²) in [5.41, 5.74) is 0.326. The molecule has 0 fully saturated rings. The maximum atomic E-state index is 9.52. The highest BCUT2D eigenvalue weighted by Crippen LogP contribution is 2.46. The second-order valence-electron chi connectivity index (χ2n) is 9.69. The van der Waals surface area contributed by atoms with Crippen LogP contribution in [0.1, 0.15) is 21.9 Å². The van der Waals surface area contributed by atoms with Crippen LogP contribution in [0.15, 0.2) is 150 Å². The van der Waals surface area contributed by atoms with Crippen molar-refractivity contribution in [1.29, 1.82) is 0 Å². The molecule has 0 N–H and O–H groups in total. The van der Waals surface area contributed by atoms with Crippen molar-refractivity contribution in [3.8, 4) is 22.3 Å². The SMILES string of the molecule is [2H]c1c([2H])c([2H])c(-c2cc(-c3c4c([2H])c([2H])c([2H])c([2H])c4c([2H])c4c3c([2H])c([2H])c3c([2H])c([2H])c([2H])c([2H])c34)c3c(c2)oc2cc4ccccc4cc23)c([2H])c1[2H]. The average Bonchev–Trinajstić information content (AvgIpc) is 3.56. The molecule has 1 heteroatoms. The molecule has 190 valence electrons. The lowest BCUT2D eigenvalue weighted by atomic mass is 9.86. The van der Waals surface area contributed by atoms with Crippen molar-refractivity contribution in [3.63, 3.8) is 0 Å². The minimum absolute atomic E-state index is 0.0514. The van der Waals surface area contributed by atoms with Crippen LogP contribution in [-0.4, -0.2) is 0 Å². The summed E-state index contributed by atoms with van der Waals surface area (Å²) < 4.78 is 148. The Kier molecular flexibility index (Phi) is 2.50. The van der Waals surface area contributed by atoms with Crippen LogP contribution in [0.2, 0.25) is 0 Å². The summed E-state index contributed by atoms with van der Waals surface area (Å²) in [5.74, 6) is 0. The summed E-state index contributed by atoms with van der Waals surface area (Å²) >= 11 is 0. The van der Waals surface area contributed by atoms with Gasteiger partial charge in [-0.1, -0.05) is 115 Å². The van der Waals surface area contributed by atoms with Gasteiger partial charge in [-0.15, -0.1) is 0 Å². The van der Waals surface area contributed by atoms with E-state index in [1.807, 2.05) is 30.3 Å². The van der Waals surface area contributed by atoms with Gasteiger partial charge in [-0.05, 0) is 95.7 Å². The molecule has 0 saturated heterocycles. The van der Waals surface area contributed by atoms with Crippen molar-refractivity contribution in [3.05, 3.63) is 145 Å². The Morgan fingerprint density at radius 2 is 1.20 bits per heavy atom. The summed E-state index contributed by atoms with van der Waals surface area (Å²) in [6, 6.07) is 4.16. The predicted molar refractivity (Wildman–Crippen MR) is 175 cm³/mol. The molecule has 1 nitrogen and oxygen atoms in total. The lowest BCUT2D eigenvalue weighted by molar-refractivity contribution is 0.669. The molecule has 9 rings (SSSR count). The smallest absolute Gasteiger partial charge is 0.136 e. The minimum atomic E-state index is -0.682. The van der Waals surface area contributed by atoms with Gasteiger partial charge in [0.2, 0.25) is 0 Å². The van der Waals surface area contributed by atoms with Gasteiger partial charge in [-0.2, -0.15) is 0 Å². The van der Waals surface area contributed by atoms with Gasteiger partial charge >= 0.3 is 0 Å². The third kappa shape index (κ3) is 3.36. The van der Waals surface area contributed by atoms with Gasteiger partial charge in [0, 0.05) is 10.8 Å². The van der Waals surface area contributed by atoms with E-state index in [0.717, 1.165) is 10.8 Å². The maximum absolute atomic E-state index is 9.52. The molecule has 0 radical (unpaired) electrons. The molecule has 0 unspecified atom stereocenters. The van der Waals surface area contributed by atoms with Crippen LogP contribution in [0.3, 0.4) is 0 Å². The third-order valence-corrected chi connectivity index (χ3v) is 7.43. The van der Waals surface area contributed by atoms with Crippen LogP contribution >= 0.6 is 0 Å². The summed E-state index contributed by atoms with van der Waals surface area (Å²) in [5, 5.41) is 0.755. The monoisotopic (exact) mass is 536 g/mol. The Morgan fingerprint density at radius 3 is 2.05 bits per heavy atom. The number of fused-ring (bicyclic) bond motifs is 8. The molecule has 0 aliphatic rings. The first kappa shape index (κ1) is 12.0. The first-order chi connectivity index (χ1) is 27.0. The molecule has 8 aromatic carbocycles. The van der Waals surface area contributed by atoms with Gasteiger partial charge in [-0.3, -0.25) is 0 Å². The van der Waals surface area contributed by atoms with E-state index in [1.165, 1.54) is 12.1 Å². The lowest BCUT2D eigenvalue weighted by Crippen LogP contribution is -1.89. The van der Waals surface area contributed by atoms with E-state index < -0.39 is 96.7 Å². The molecule has 0 atom stereocenters. The van der Waals surface area contributed by atoms with Crippen LogP contribution in [0.25, 0.3) is 87.3 Å². The fourth-order valence-corrected chi connectivity index (χ4v) is 5.66. The van der Waals surface area contributed by atoms with Crippen LogP contribution in [0, 0.1) is 0 Å². The summed E-state index contributed by atoms with van der Waals surface area (Å²) in [4.78, 5) is 0. The highest BCUT2D eigenvalue weighted by atomic mass is 16.3. The van der Waals surface area contributed by atoms with Gasteiger partial charge in [0.1, 0.15) is 11.2 Å². The fraction of sp³-hybridized carbons (Fsp3) is 0. The van der Waals surface area contributed by atoms with Gasteiger partial charge in [0.15, 0.2) is 0 Å². The van der Waals surface area contributed by atoms with Crippen molar-refractivity contribution < 1.29 is 26.3 Å². The molecule has 0 aliphatic carbocycles. The Bertz CT molecular complexity index is 3340. The predicted octanol–water partition coefficient (Wildman–Crippen LogP) is 11.5. The van der Waals surface area contributed by atoms with E-state index in [-0.39, 0.29) is 60.2 Å². The Hall–Kier alpha value is -5.40. The van der Waals surface area contributed by atoms with E-state index in [2.05, 4.69) is 0 Å². The van der Waals surface area contributed by atoms with E-state index in [4.69, 9.17) is 22.2 Å². The van der Waals surface area contributed by atoms with E-state index >= 15 is 0 Å². The summed E-state index contributed by atoms with van der Waals surface area (Å²) in [6.45, 7) is 0. The first-order valence-corrected chi connectivity index (χ1v) is 12.8. The molecule has 1 heterocycles. The number of furan rings is 1. The molecular weight excluding hydrogens is 496 g/mol. The van der Waals surface area contributed by atoms with E-state index in [1.54, 1.807) is 6.07 Å². The molecular formula is C40H24O. The third-order valence-electron chi connectivity index (χ3n) is 7.43. The zero-order valence-corrected chi connectivity index (χ0v) is 21.0. The van der Waals surface area contributed by atoms with Gasteiger partial charge in [0.25, 0.3) is 0 Å². The van der Waals surface area contributed by atoms with Crippen molar-refractivity contribution >= 4 is 65.0 Å². The minimum Gasteiger partial charge on any atom is -0.456 e. The number of hydrogen-bond acceptors (Lipinski definition) is 1. The highest BCUT2D eigenvalue weighted by molar-refractivity contribution is 6.25. The second-order valence-corrected chi connectivity index (χ2v) is 9.69. The maximum Gasteiger partial charge on any atom is 0.136 e. The molecule has 9 aromatic rings. The second kappa shape index (κ2) is 8.55. The van der Waals surface area contributed by atoms with Crippen LogP contribution in [-0.2, 0) is 0 Å². The van der Waals surface area contributed by atoms with Gasteiger partial charge in [0.05, 0.1) is 21.9 Å². The molecule has 0 bridgehead atoms. The van der Waals surface area contributed by atoms with E-state index in [9.17, 15) is 4.11 Å². The fourth-order valence-electron chi connectivity index (χ4n) is 5.66. The Morgan fingerprint density at radius 1 is 0.463 bits per heavy atom. The van der Waals surface area contributed by atoms with Crippen molar-refractivity contribution in [2.45, 2.75) is 0 Å². The van der Waals surface area contributed by atoms with E-state index in [0.29, 0.717) is 16.4 Å². The van der Waals surface area contributed by atoms with Crippen molar-refractivity contribution in [2.24, 2.45) is 0 Å². The van der Waals surface area contributed by atoms with Crippen LogP contribution < -0.4 is 0 Å². The quantitative estimate of drug-likeness (QED) is 0.158. The Balaban J connectivity index is 1.64. The van der Waals surface area contributed by atoms with Gasteiger partial charge < -0.3 is 4.42 Å². The van der Waals surface area contributed by atoms with Gasteiger partial charge in [-0.25, -0.2) is 0 Å². The molecule has 1 aromatic heterocycles. The highest BCUT2D eigenvalue weighted by Gasteiger charge is 2.20. The zero-order valence-electron chi connectivity index (χ0n) is 37.0. The summed E-state index contributed by atoms with van der Waals surface area (Å²) in [6.07, 6.45) is 0. The number of benzene rings is 8. The standard InChI is InChI=1S/C40H24O/c1-2-10-25(11-3-1)30-22-36(40-35-20-27-13-4-5-14-28(27)23-37(35)41-38(40)24-30)39-32-17-9-7-15-29(32)21-34-31-16-8-6-12-26(31)18-19-33(34)39/h1-24H/i1D,2D,3D,6D,7D,8D,9D,10D,11D,12D,15D,16D,17D,18D,19D,21D. The zero-order chi connectivity index (χ0) is 40.8. The van der Waals surface area contributed by atoms with Crippen LogP contribution in [0.4, 0.5) is 0 Å². The Labute approximate surface area is 259 Å². The molecule has 0 amide bonds. The molecule has 0 spiro atoms.